The Bertz CT molecular complexity index is 412. The molecule has 1 atom stereocenters. The molecule has 2 nitrogen and oxygen atoms in total. The first-order chi connectivity index (χ1) is 8.61. The van der Waals surface area contributed by atoms with Crippen LogP contribution < -0.4 is 5.73 Å². The summed E-state index contributed by atoms with van der Waals surface area (Å²) in [6.45, 7) is 5.06. The van der Waals surface area contributed by atoms with Crippen molar-refractivity contribution in [2.75, 3.05) is 6.54 Å². The Balaban J connectivity index is 2.22. The fourth-order valence-corrected chi connectivity index (χ4v) is 3.01. The number of fused-ring (bicyclic) bond motifs is 1. The van der Waals surface area contributed by atoms with Crippen molar-refractivity contribution in [2.45, 2.75) is 51.9 Å². The third-order valence-electron chi connectivity index (χ3n) is 4.19. The second-order valence-corrected chi connectivity index (χ2v) is 5.86. The van der Waals surface area contributed by atoms with Crippen LogP contribution in [0.5, 0.6) is 5.75 Å². The molecule has 1 aliphatic rings. The van der Waals surface area contributed by atoms with Crippen LogP contribution in [0.15, 0.2) is 12.1 Å². The van der Waals surface area contributed by atoms with Gasteiger partial charge in [-0.2, -0.15) is 0 Å². The summed E-state index contributed by atoms with van der Waals surface area (Å²) in [7, 11) is 0. The van der Waals surface area contributed by atoms with E-state index in [4.69, 9.17) is 5.73 Å². The molecule has 0 heterocycles. The number of aromatic hydroxyl groups is 1. The van der Waals surface area contributed by atoms with Crippen molar-refractivity contribution in [3.8, 4) is 5.75 Å². The average Bonchev–Trinajstić information content (AvgIpc) is 2.51. The molecule has 0 aliphatic heterocycles. The summed E-state index contributed by atoms with van der Waals surface area (Å²) in [5.41, 5.74) is 9.54. The van der Waals surface area contributed by atoms with Gasteiger partial charge in [0.1, 0.15) is 5.75 Å². The fourth-order valence-electron chi connectivity index (χ4n) is 3.01. The van der Waals surface area contributed by atoms with Crippen LogP contribution in [-0.2, 0) is 12.8 Å². The molecule has 100 valence electrons. The molecule has 0 radical (unpaired) electrons. The van der Waals surface area contributed by atoms with E-state index in [1.54, 1.807) is 0 Å². The molecule has 1 aliphatic carbocycles. The summed E-state index contributed by atoms with van der Waals surface area (Å²) in [4.78, 5) is 0. The molecular formula is C16H25NO. The molecule has 1 aromatic carbocycles. The van der Waals surface area contributed by atoms with Crippen molar-refractivity contribution in [1.29, 1.82) is 0 Å². The SMILES string of the molecule is CC(C)c1cc2c(cc1O)CCC(CCN)CC2. The molecule has 2 heteroatoms. The molecule has 2 rings (SSSR count). The van der Waals surface area contributed by atoms with Gasteiger partial charge in [0.15, 0.2) is 0 Å². The second kappa shape index (κ2) is 5.75. The number of phenolic OH excluding ortho intramolecular Hbond substituents is 1. The van der Waals surface area contributed by atoms with Crippen molar-refractivity contribution < 1.29 is 5.11 Å². The van der Waals surface area contributed by atoms with Gasteiger partial charge >= 0.3 is 0 Å². The van der Waals surface area contributed by atoms with Gasteiger partial charge in [0, 0.05) is 0 Å². The van der Waals surface area contributed by atoms with Crippen molar-refractivity contribution >= 4 is 0 Å². The predicted octanol–water partition coefficient (Wildman–Crippen LogP) is 3.36. The van der Waals surface area contributed by atoms with Crippen molar-refractivity contribution in [2.24, 2.45) is 11.7 Å². The summed E-state index contributed by atoms with van der Waals surface area (Å²) < 4.78 is 0. The lowest BCUT2D eigenvalue weighted by atomic mass is 9.94. The first kappa shape index (κ1) is 13.4. The topological polar surface area (TPSA) is 46.2 Å². The zero-order valence-electron chi connectivity index (χ0n) is 11.6. The summed E-state index contributed by atoms with van der Waals surface area (Å²) in [5, 5.41) is 10.1. The largest absolute Gasteiger partial charge is 0.508 e. The summed E-state index contributed by atoms with van der Waals surface area (Å²) in [6.07, 6.45) is 5.82. The Hall–Kier alpha value is -1.02. The molecule has 1 unspecified atom stereocenters. The van der Waals surface area contributed by atoms with E-state index in [-0.39, 0.29) is 0 Å². The van der Waals surface area contributed by atoms with Crippen LogP contribution in [0.3, 0.4) is 0 Å². The quantitative estimate of drug-likeness (QED) is 0.805. The molecule has 0 saturated carbocycles. The first-order valence-electron chi connectivity index (χ1n) is 7.16. The van der Waals surface area contributed by atoms with Gasteiger partial charge in [0.2, 0.25) is 0 Å². The van der Waals surface area contributed by atoms with Gasteiger partial charge in [-0.05, 0) is 73.2 Å². The van der Waals surface area contributed by atoms with Gasteiger partial charge in [-0.15, -0.1) is 0 Å². The normalized spacial score (nSPS) is 19.7. The van der Waals surface area contributed by atoms with Crippen molar-refractivity contribution in [1.82, 2.24) is 0 Å². The molecule has 0 fully saturated rings. The first-order valence-corrected chi connectivity index (χ1v) is 7.16. The lowest BCUT2D eigenvalue weighted by Gasteiger charge is -2.13. The van der Waals surface area contributed by atoms with Crippen LogP contribution in [0.2, 0.25) is 0 Å². The third-order valence-corrected chi connectivity index (χ3v) is 4.19. The molecule has 0 amide bonds. The lowest BCUT2D eigenvalue weighted by Crippen LogP contribution is -2.08. The minimum absolute atomic E-state index is 0.387. The fraction of sp³-hybridized carbons (Fsp3) is 0.625. The maximum atomic E-state index is 10.1. The van der Waals surface area contributed by atoms with Crippen LogP contribution in [-0.4, -0.2) is 11.7 Å². The van der Waals surface area contributed by atoms with Crippen LogP contribution in [0.1, 0.15) is 55.7 Å². The van der Waals surface area contributed by atoms with Gasteiger partial charge in [0.05, 0.1) is 0 Å². The minimum atomic E-state index is 0.387. The molecule has 3 N–H and O–H groups in total. The van der Waals surface area contributed by atoms with E-state index in [1.165, 1.54) is 24.0 Å². The van der Waals surface area contributed by atoms with Gasteiger partial charge in [-0.3, -0.25) is 0 Å². The van der Waals surface area contributed by atoms with Gasteiger partial charge in [-0.1, -0.05) is 19.9 Å². The predicted molar refractivity (Wildman–Crippen MR) is 76.0 cm³/mol. The Kier molecular flexibility index (Phi) is 4.28. The standard InChI is InChI=1S/C16H25NO/c1-11(2)15-9-13-5-3-12(7-8-17)4-6-14(13)10-16(15)18/h9-12,18H,3-8,17H2,1-2H3. The molecule has 0 spiro atoms. The highest BCUT2D eigenvalue weighted by atomic mass is 16.3. The lowest BCUT2D eigenvalue weighted by molar-refractivity contribution is 0.437. The van der Waals surface area contributed by atoms with Crippen molar-refractivity contribution in [3.63, 3.8) is 0 Å². The summed E-state index contributed by atoms with van der Waals surface area (Å²) in [5.74, 6) is 1.62. The molecule has 0 bridgehead atoms. The number of phenols is 1. The summed E-state index contributed by atoms with van der Waals surface area (Å²) >= 11 is 0. The number of rotatable bonds is 3. The minimum Gasteiger partial charge on any atom is -0.508 e. The van der Waals surface area contributed by atoms with E-state index >= 15 is 0 Å². The van der Waals surface area contributed by atoms with Crippen LogP contribution >= 0.6 is 0 Å². The van der Waals surface area contributed by atoms with Crippen LogP contribution in [0.25, 0.3) is 0 Å². The number of nitrogens with two attached hydrogens (primary N) is 1. The molecule has 0 saturated heterocycles. The monoisotopic (exact) mass is 247 g/mol. The number of benzene rings is 1. The van der Waals surface area contributed by atoms with E-state index in [2.05, 4.69) is 19.9 Å². The summed E-state index contributed by atoms with van der Waals surface area (Å²) in [6, 6.07) is 4.22. The van der Waals surface area contributed by atoms with E-state index in [0.717, 1.165) is 37.3 Å². The Morgan fingerprint density at radius 3 is 2.39 bits per heavy atom. The number of hydrogen-bond donors (Lipinski definition) is 2. The van der Waals surface area contributed by atoms with Gasteiger partial charge in [0.25, 0.3) is 0 Å². The molecular weight excluding hydrogens is 222 g/mol. The number of hydrogen-bond acceptors (Lipinski definition) is 2. The Morgan fingerprint density at radius 2 is 1.83 bits per heavy atom. The van der Waals surface area contributed by atoms with Crippen LogP contribution in [0.4, 0.5) is 0 Å². The molecule has 18 heavy (non-hydrogen) atoms. The van der Waals surface area contributed by atoms with E-state index in [1.807, 2.05) is 6.07 Å². The molecule has 1 aromatic rings. The zero-order valence-corrected chi connectivity index (χ0v) is 11.6. The molecule has 0 aromatic heterocycles. The average molecular weight is 247 g/mol. The maximum absolute atomic E-state index is 10.1. The third kappa shape index (κ3) is 2.86. The van der Waals surface area contributed by atoms with Crippen molar-refractivity contribution in [3.05, 3.63) is 28.8 Å². The highest BCUT2D eigenvalue weighted by Gasteiger charge is 2.18. The smallest absolute Gasteiger partial charge is 0.119 e. The Morgan fingerprint density at radius 1 is 1.22 bits per heavy atom. The van der Waals surface area contributed by atoms with E-state index in [0.29, 0.717) is 11.7 Å². The number of aryl methyl sites for hydroxylation is 2. The Labute approximate surface area is 110 Å². The van der Waals surface area contributed by atoms with Crippen LogP contribution in [0, 0.1) is 5.92 Å². The highest BCUT2D eigenvalue weighted by Crippen LogP contribution is 2.33. The van der Waals surface area contributed by atoms with E-state index < -0.39 is 0 Å². The second-order valence-electron chi connectivity index (χ2n) is 5.86. The van der Waals surface area contributed by atoms with Gasteiger partial charge in [-0.25, -0.2) is 0 Å². The van der Waals surface area contributed by atoms with Gasteiger partial charge < -0.3 is 10.8 Å². The van der Waals surface area contributed by atoms with E-state index in [9.17, 15) is 5.11 Å². The maximum Gasteiger partial charge on any atom is 0.119 e. The zero-order chi connectivity index (χ0) is 13.1. The highest BCUT2D eigenvalue weighted by molar-refractivity contribution is 5.44.